The first-order chi connectivity index (χ1) is 10.8. The van der Waals surface area contributed by atoms with Crippen molar-refractivity contribution in [2.24, 2.45) is 0 Å². The molecule has 0 aliphatic heterocycles. The molecule has 2 aromatic heterocycles. The van der Waals surface area contributed by atoms with Crippen LogP contribution in [-0.2, 0) is 6.54 Å². The van der Waals surface area contributed by atoms with Gasteiger partial charge < -0.3 is 15.8 Å². The predicted octanol–water partition coefficient (Wildman–Crippen LogP) is 2.73. The van der Waals surface area contributed by atoms with E-state index in [2.05, 4.69) is 27.2 Å². The van der Waals surface area contributed by atoms with Crippen LogP contribution >= 0.6 is 0 Å². The quantitative estimate of drug-likeness (QED) is 0.817. The van der Waals surface area contributed by atoms with Crippen LogP contribution in [0, 0.1) is 0 Å². The van der Waals surface area contributed by atoms with Crippen molar-refractivity contribution >= 4 is 11.5 Å². The number of pyridine rings is 1. The van der Waals surface area contributed by atoms with Gasteiger partial charge in [0.2, 0.25) is 5.88 Å². The van der Waals surface area contributed by atoms with Gasteiger partial charge in [-0.1, -0.05) is 6.92 Å². The topological polar surface area (TPSA) is 86.0 Å². The van der Waals surface area contributed by atoms with Gasteiger partial charge in [-0.25, -0.2) is 4.98 Å². The fourth-order valence-electron chi connectivity index (χ4n) is 2.12. The van der Waals surface area contributed by atoms with Crippen molar-refractivity contribution in [3.05, 3.63) is 35.9 Å². The van der Waals surface area contributed by atoms with E-state index >= 15 is 0 Å². The first-order valence-electron chi connectivity index (χ1n) is 7.71. The largest absolute Gasteiger partial charge is 0.476 e. The molecular formula is C16H21N5O. The molecule has 116 valence electrons. The van der Waals surface area contributed by atoms with Crippen molar-refractivity contribution in [1.82, 2.24) is 15.0 Å². The number of nitrogens with zero attached hydrogens (tertiary/aromatic N) is 3. The normalized spacial score (nSPS) is 13.9. The standard InChI is InChI=1S/C16H21N5O/c1-2-9-22-16-13(17)15(20-14(21-16)12-3-4-12)19-10-11-5-7-18-8-6-11/h5-8,12H,2-4,9-10,17H2,1H3,(H,19,20,21). The van der Waals surface area contributed by atoms with E-state index in [9.17, 15) is 0 Å². The van der Waals surface area contributed by atoms with Crippen molar-refractivity contribution in [2.75, 3.05) is 17.7 Å². The molecule has 2 aromatic rings. The molecule has 0 aromatic carbocycles. The van der Waals surface area contributed by atoms with Gasteiger partial charge in [0.05, 0.1) is 6.61 Å². The highest BCUT2D eigenvalue weighted by Crippen LogP contribution is 2.40. The zero-order valence-corrected chi connectivity index (χ0v) is 12.7. The van der Waals surface area contributed by atoms with Crippen LogP contribution in [0.25, 0.3) is 0 Å². The number of anilines is 2. The minimum absolute atomic E-state index is 0.450. The maximum Gasteiger partial charge on any atom is 0.242 e. The Hall–Kier alpha value is -2.37. The van der Waals surface area contributed by atoms with Crippen molar-refractivity contribution in [3.63, 3.8) is 0 Å². The van der Waals surface area contributed by atoms with Gasteiger partial charge in [-0.3, -0.25) is 4.98 Å². The molecule has 2 heterocycles. The third-order valence-corrected chi connectivity index (χ3v) is 3.52. The Kier molecular flexibility index (Phi) is 4.37. The minimum Gasteiger partial charge on any atom is -0.476 e. The molecule has 0 atom stereocenters. The summed E-state index contributed by atoms with van der Waals surface area (Å²) in [6.07, 6.45) is 6.74. The lowest BCUT2D eigenvalue weighted by Crippen LogP contribution is -2.11. The van der Waals surface area contributed by atoms with Crippen LogP contribution in [0.5, 0.6) is 5.88 Å². The van der Waals surface area contributed by atoms with Crippen molar-refractivity contribution < 1.29 is 4.74 Å². The van der Waals surface area contributed by atoms with Crippen molar-refractivity contribution in [2.45, 2.75) is 38.6 Å². The molecule has 1 fully saturated rings. The summed E-state index contributed by atoms with van der Waals surface area (Å²) in [7, 11) is 0. The predicted molar refractivity (Wildman–Crippen MR) is 85.8 cm³/mol. The van der Waals surface area contributed by atoms with E-state index in [1.807, 2.05) is 12.1 Å². The minimum atomic E-state index is 0.450. The average molecular weight is 299 g/mol. The second-order valence-corrected chi connectivity index (χ2v) is 5.48. The van der Waals surface area contributed by atoms with E-state index in [1.165, 1.54) is 0 Å². The van der Waals surface area contributed by atoms with Crippen LogP contribution in [0.4, 0.5) is 11.5 Å². The van der Waals surface area contributed by atoms with Crippen LogP contribution in [0.1, 0.15) is 43.5 Å². The lowest BCUT2D eigenvalue weighted by molar-refractivity contribution is 0.305. The monoisotopic (exact) mass is 299 g/mol. The third kappa shape index (κ3) is 3.44. The van der Waals surface area contributed by atoms with Gasteiger partial charge in [-0.15, -0.1) is 0 Å². The molecule has 0 spiro atoms. The number of rotatable bonds is 7. The van der Waals surface area contributed by atoms with Gasteiger partial charge in [0.1, 0.15) is 11.5 Å². The maximum atomic E-state index is 6.15. The highest BCUT2D eigenvalue weighted by Gasteiger charge is 2.28. The van der Waals surface area contributed by atoms with Gasteiger partial charge >= 0.3 is 0 Å². The number of ether oxygens (including phenoxy) is 1. The Morgan fingerprint density at radius 1 is 1.27 bits per heavy atom. The molecule has 22 heavy (non-hydrogen) atoms. The Balaban J connectivity index is 1.80. The highest BCUT2D eigenvalue weighted by atomic mass is 16.5. The fourth-order valence-corrected chi connectivity index (χ4v) is 2.12. The lowest BCUT2D eigenvalue weighted by atomic mass is 10.2. The molecule has 0 bridgehead atoms. The summed E-state index contributed by atoms with van der Waals surface area (Å²) < 4.78 is 5.67. The molecule has 3 rings (SSSR count). The Morgan fingerprint density at radius 3 is 2.73 bits per heavy atom. The smallest absolute Gasteiger partial charge is 0.242 e. The second kappa shape index (κ2) is 6.60. The molecule has 1 aliphatic carbocycles. The number of nitrogen functional groups attached to an aromatic ring is 1. The summed E-state index contributed by atoms with van der Waals surface area (Å²) in [6, 6.07) is 3.92. The molecule has 0 unspecified atom stereocenters. The van der Waals surface area contributed by atoms with E-state index in [-0.39, 0.29) is 0 Å². The maximum absolute atomic E-state index is 6.15. The van der Waals surface area contributed by atoms with E-state index in [4.69, 9.17) is 10.5 Å². The van der Waals surface area contributed by atoms with Gasteiger partial charge in [-0.2, -0.15) is 4.98 Å². The van der Waals surface area contributed by atoms with E-state index in [0.29, 0.717) is 36.5 Å². The Morgan fingerprint density at radius 2 is 2.05 bits per heavy atom. The van der Waals surface area contributed by atoms with Crippen molar-refractivity contribution in [3.8, 4) is 5.88 Å². The molecule has 6 nitrogen and oxygen atoms in total. The van der Waals surface area contributed by atoms with Gasteiger partial charge in [0.15, 0.2) is 5.82 Å². The zero-order valence-electron chi connectivity index (χ0n) is 12.7. The number of hydrogen-bond acceptors (Lipinski definition) is 6. The van der Waals surface area contributed by atoms with Crippen LogP contribution in [-0.4, -0.2) is 21.6 Å². The van der Waals surface area contributed by atoms with E-state index in [0.717, 1.165) is 30.7 Å². The number of aromatic nitrogens is 3. The molecule has 1 aliphatic rings. The second-order valence-electron chi connectivity index (χ2n) is 5.48. The average Bonchev–Trinajstić information content (AvgIpc) is 3.38. The molecule has 6 heteroatoms. The summed E-state index contributed by atoms with van der Waals surface area (Å²) in [5, 5.41) is 3.29. The zero-order chi connectivity index (χ0) is 15.4. The Labute approximate surface area is 130 Å². The first-order valence-corrected chi connectivity index (χ1v) is 7.71. The summed E-state index contributed by atoms with van der Waals surface area (Å²) in [4.78, 5) is 13.1. The first kappa shape index (κ1) is 14.6. The number of nitrogens with one attached hydrogen (secondary N) is 1. The van der Waals surface area contributed by atoms with Crippen LogP contribution in [0.2, 0.25) is 0 Å². The Bertz CT molecular complexity index is 628. The fraction of sp³-hybridized carbons (Fsp3) is 0.438. The van der Waals surface area contributed by atoms with Gasteiger partial charge in [-0.05, 0) is 37.0 Å². The van der Waals surface area contributed by atoms with E-state index in [1.54, 1.807) is 12.4 Å². The summed E-state index contributed by atoms with van der Waals surface area (Å²) in [5.74, 6) is 2.43. The van der Waals surface area contributed by atoms with Gasteiger partial charge in [0.25, 0.3) is 0 Å². The van der Waals surface area contributed by atoms with Crippen LogP contribution < -0.4 is 15.8 Å². The summed E-state index contributed by atoms with van der Waals surface area (Å²) in [5.41, 5.74) is 7.75. The van der Waals surface area contributed by atoms with E-state index < -0.39 is 0 Å². The highest BCUT2D eigenvalue weighted by molar-refractivity contribution is 5.67. The number of nitrogens with two attached hydrogens (primary N) is 1. The SMILES string of the molecule is CCCOc1nc(C2CC2)nc(NCc2ccncc2)c1N. The van der Waals surface area contributed by atoms with Crippen molar-refractivity contribution in [1.29, 1.82) is 0 Å². The summed E-state index contributed by atoms with van der Waals surface area (Å²) >= 11 is 0. The molecular weight excluding hydrogens is 278 g/mol. The molecule has 0 radical (unpaired) electrons. The van der Waals surface area contributed by atoms with Crippen LogP contribution in [0.3, 0.4) is 0 Å². The third-order valence-electron chi connectivity index (χ3n) is 3.52. The molecule has 0 saturated heterocycles. The molecule has 0 amide bonds. The lowest BCUT2D eigenvalue weighted by Gasteiger charge is -2.14. The molecule has 3 N–H and O–H groups in total. The summed E-state index contributed by atoms with van der Waals surface area (Å²) in [6.45, 7) is 3.30. The molecule has 1 saturated carbocycles. The number of hydrogen-bond donors (Lipinski definition) is 2. The van der Waals surface area contributed by atoms with Crippen LogP contribution in [0.15, 0.2) is 24.5 Å². The van der Waals surface area contributed by atoms with Gasteiger partial charge in [0, 0.05) is 24.9 Å².